The minimum atomic E-state index is -0.935. The maximum atomic E-state index is 11.9. The fraction of sp³-hybridized carbons (Fsp3) is 0.467. The zero-order valence-electron chi connectivity index (χ0n) is 11.3. The first kappa shape index (κ1) is 14.5. The van der Waals surface area contributed by atoms with Crippen LogP contribution >= 0.6 is 0 Å². The Hall–Kier alpha value is -1.88. The van der Waals surface area contributed by atoms with E-state index in [9.17, 15) is 9.59 Å². The second-order valence-corrected chi connectivity index (χ2v) is 4.96. The summed E-state index contributed by atoms with van der Waals surface area (Å²) < 4.78 is 5.28. The molecule has 0 aliphatic carbocycles. The number of hydrogen-bond donors (Lipinski definition) is 2. The van der Waals surface area contributed by atoms with Crippen LogP contribution in [0.5, 0.6) is 0 Å². The van der Waals surface area contributed by atoms with Gasteiger partial charge in [-0.15, -0.1) is 0 Å². The molecule has 1 aromatic carbocycles. The number of rotatable bonds is 5. The van der Waals surface area contributed by atoms with Crippen molar-refractivity contribution in [3.8, 4) is 0 Å². The summed E-state index contributed by atoms with van der Waals surface area (Å²) in [5.74, 6) is -0.955. The highest BCUT2D eigenvalue weighted by atomic mass is 16.5. The largest absolute Gasteiger partial charge is 0.478 e. The number of aromatic carboxylic acids is 1. The van der Waals surface area contributed by atoms with E-state index >= 15 is 0 Å². The van der Waals surface area contributed by atoms with Crippen LogP contribution in [0.1, 0.15) is 28.8 Å². The standard InChI is InChI=1S/C15H19NO4/c17-14(13-5-2-8-20-10-13)16-7-6-11-3-1-4-12(9-11)15(18)19/h1,3-4,9,13H,2,5-8,10H2,(H,16,17)(H,18,19)/t13-/m0/s1. The van der Waals surface area contributed by atoms with Gasteiger partial charge < -0.3 is 15.2 Å². The van der Waals surface area contributed by atoms with Crippen molar-refractivity contribution in [2.45, 2.75) is 19.3 Å². The first-order chi connectivity index (χ1) is 9.66. The van der Waals surface area contributed by atoms with Crippen molar-refractivity contribution >= 4 is 11.9 Å². The second kappa shape index (κ2) is 7.05. The summed E-state index contributed by atoms with van der Waals surface area (Å²) in [5.41, 5.74) is 1.18. The Balaban J connectivity index is 1.79. The molecule has 1 amide bonds. The Bertz CT molecular complexity index is 481. The maximum Gasteiger partial charge on any atom is 0.335 e. The number of carboxylic acid groups (broad SMARTS) is 1. The average molecular weight is 277 g/mol. The summed E-state index contributed by atoms with van der Waals surface area (Å²) in [5, 5.41) is 11.8. The van der Waals surface area contributed by atoms with Crippen molar-refractivity contribution in [2.24, 2.45) is 5.92 Å². The Morgan fingerprint density at radius 1 is 1.40 bits per heavy atom. The molecule has 0 radical (unpaired) electrons. The fourth-order valence-corrected chi connectivity index (χ4v) is 2.28. The molecule has 2 rings (SSSR count). The Kier molecular flexibility index (Phi) is 5.12. The highest BCUT2D eigenvalue weighted by molar-refractivity contribution is 5.87. The average Bonchev–Trinajstić information content (AvgIpc) is 2.48. The zero-order valence-corrected chi connectivity index (χ0v) is 11.3. The van der Waals surface area contributed by atoms with E-state index in [1.807, 2.05) is 6.07 Å². The number of amides is 1. The first-order valence-electron chi connectivity index (χ1n) is 6.84. The fourth-order valence-electron chi connectivity index (χ4n) is 2.28. The van der Waals surface area contributed by atoms with Crippen molar-refractivity contribution in [3.63, 3.8) is 0 Å². The first-order valence-corrected chi connectivity index (χ1v) is 6.84. The third kappa shape index (κ3) is 4.06. The lowest BCUT2D eigenvalue weighted by Crippen LogP contribution is -2.36. The van der Waals surface area contributed by atoms with Gasteiger partial charge in [0.05, 0.1) is 18.1 Å². The van der Waals surface area contributed by atoms with Gasteiger partial charge in [0.2, 0.25) is 5.91 Å². The van der Waals surface area contributed by atoms with E-state index in [2.05, 4.69) is 5.32 Å². The molecule has 5 heteroatoms. The number of nitrogens with one attached hydrogen (secondary N) is 1. The molecule has 1 aliphatic rings. The van der Waals surface area contributed by atoms with E-state index in [1.165, 1.54) is 0 Å². The molecule has 0 aromatic heterocycles. The third-order valence-corrected chi connectivity index (χ3v) is 3.42. The molecule has 0 bridgehead atoms. The van der Waals surface area contributed by atoms with Crippen molar-refractivity contribution in [1.82, 2.24) is 5.32 Å². The lowest BCUT2D eigenvalue weighted by molar-refractivity contribution is -0.128. The normalized spacial score (nSPS) is 18.5. The number of hydrogen-bond acceptors (Lipinski definition) is 3. The summed E-state index contributed by atoms with van der Waals surface area (Å²) >= 11 is 0. The van der Waals surface area contributed by atoms with Gasteiger partial charge in [0.25, 0.3) is 0 Å². The maximum absolute atomic E-state index is 11.9. The molecular weight excluding hydrogens is 258 g/mol. The molecule has 2 N–H and O–H groups in total. The van der Waals surface area contributed by atoms with Gasteiger partial charge in [-0.05, 0) is 37.0 Å². The van der Waals surface area contributed by atoms with Crippen LogP contribution in [0.4, 0.5) is 0 Å². The van der Waals surface area contributed by atoms with Gasteiger partial charge in [0, 0.05) is 13.2 Å². The van der Waals surface area contributed by atoms with E-state index < -0.39 is 5.97 Å². The molecular formula is C15H19NO4. The quantitative estimate of drug-likeness (QED) is 0.854. The van der Waals surface area contributed by atoms with E-state index in [1.54, 1.807) is 18.2 Å². The minimum Gasteiger partial charge on any atom is -0.478 e. The van der Waals surface area contributed by atoms with Crippen LogP contribution in [0.25, 0.3) is 0 Å². The summed E-state index contributed by atoms with van der Waals surface area (Å²) in [7, 11) is 0. The predicted molar refractivity (Wildman–Crippen MR) is 73.7 cm³/mol. The van der Waals surface area contributed by atoms with Crippen molar-refractivity contribution in [2.75, 3.05) is 19.8 Å². The molecule has 0 unspecified atom stereocenters. The second-order valence-electron chi connectivity index (χ2n) is 4.96. The number of carbonyl (C=O) groups excluding carboxylic acids is 1. The molecule has 1 aliphatic heterocycles. The lowest BCUT2D eigenvalue weighted by atomic mass is 10.0. The van der Waals surface area contributed by atoms with Gasteiger partial charge in [-0.3, -0.25) is 4.79 Å². The molecule has 1 heterocycles. The molecule has 108 valence electrons. The number of ether oxygens (including phenoxy) is 1. The van der Waals surface area contributed by atoms with Crippen molar-refractivity contribution in [1.29, 1.82) is 0 Å². The van der Waals surface area contributed by atoms with Crippen LogP contribution in [0, 0.1) is 5.92 Å². The minimum absolute atomic E-state index is 0.0269. The molecule has 20 heavy (non-hydrogen) atoms. The monoisotopic (exact) mass is 277 g/mol. The van der Waals surface area contributed by atoms with Gasteiger partial charge in [0.15, 0.2) is 0 Å². The Labute approximate surface area is 117 Å². The van der Waals surface area contributed by atoms with Crippen LogP contribution in [0.15, 0.2) is 24.3 Å². The van der Waals surface area contributed by atoms with Gasteiger partial charge >= 0.3 is 5.97 Å². The van der Waals surface area contributed by atoms with Crippen molar-refractivity contribution < 1.29 is 19.4 Å². The SMILES string of the molecule is O=C(O)c1cccc(CCNC(=O)[C@H]2CCCOC2)c1. The highest BCUT2D eigenvalue weighted by Crippen LogP contribution is 2.13. The number of carboxylic acids is 1. The molecule has 0 saturated carbocycles. The molecule has 0 spiro atoms. The molecule has 1 fully saturated rings. The molecule has 1 atom stereocenters. The van der Waals surface area contributed by atoms with E-state index in [-0.39, 0.29) is 17.4 Å². The highest BCUT2D eigenvalue weighted by Gasteiger charge is 2.21. The molecule has 5 nitrogen and oxygen atoms in total. The third-order valence-electron chi connectivity index (χ3n) is 3.42. The number of carbonyl (C=O) groups is 2. The summed E-state index contributed by atoms with van der Waals surface area (Å²) in [6.45, 7) is 1.75. The summed E-state index contributed by atoms with van der Waals surface area (Å²) in [6.07, 6.45) is 2.43. The van der Waals surface area contributed by atoms with E-state index in [4.69, 9.17) is 9.84 Å². The van der Waals surface area contributed by atoms with Crippen LogP contribution < -0.4 is 5.32 Å². The van der Waals surface area contributed by atoms with Gasteiger partial charge in [-0.2, -0.15) is 0 Å². The van der Waals surface area contributed by atoms with Crippen LogP contribution in [0.2, 0.25) is 0 Å². The molecule has 1 saturated heterocycles. The summed E-state index contributed by atoms with van der Waals surface area (Å²) in [4.78, 5) is 22.7. The van der Waals surface area contributed by atoms with Crippen molar-refractivity contribution in [3.05, 3.63) is 35.4 Å². The summed E-state index contributed by atoms with van der Waals surface area (Å²) in [6, 6.07) is 6.78. The van der Waals surface area contributed by atoms with E-state index in [0.717, 1.165) is 25.0 Å². The smallest absolute Gasteiger partial charge is 0.335 e. The predicted octanol–water partition coefficient (Wildman–Crippen LogP) is 1.47. The lowest BCUT2D eigenvalue weighted by Gasteiger charge is -2.21. The topological polar surface area (TPSA) is 75.6 Å². The van der Waals surface area contributed by atoms with Crippen LogP contribution in [-0.4, -0.2) is 36.7 Å². The van der Waals surface area contributed by atoms with E-state index in [0.29, 0.717) is 19.6 Å². The molecule has 1 aromatic rings. The van der Waals surface area contributed by atoms with Crippen LogP contribution in [0.3, 0.4) is 0 Å². The van der Waals surface area contributed by atoms with Gasteiger partial charge in [0.1, 0.15) is 0 Å². The zero-order chi connectivity index (χ0) is 14.4. The van der Waals surface area contributed by atoms with Gasteiger partial charge in [-0.1, -0.05) is 12.1 Å². The van der Waals surface area contributed by atoms with Gasteiger partial charge in [-0.25, -0.2) is 4.79 Å². The van der Waals surface area contributed by atoms with Crippen LogP contribution in [-0.2, 0) is 16.0 Å². The Morgan fingerprint density at radius 3 is 2.95 bits per heavy atom. The number of benzene rings is 1. The Morgan fingerprint density at radius 2 is 2.25 bits per heavy atom.